The van der Waals surface area contributed by atoms with Crippen molar-refractivity contribution in [1.29, 1.82) is 0 Å². The van der Waals surface area contributed by atoms with Crippen molar-refractivity contribution in [2.45, 2.75) is 24.7 Å². The minimum atomic E-state index is -0.461. The summed E-state index contributed by atoms with van der Waals surface area (Å²) in [5, 5.41) is 0. The number of ketones is 1. The van der Waals surface area contributed by atoms with E-state index in [2.05, 4.69) is 12.1 Å². The Morgan fingerprint density at radius 3 is 2.48 bits per heavy atom. The van der Waals surface area contributed by atoms with Gasteiger partial charge in [0, 0.05) is 24.1 Å². The molecule has 132 valence electrons. The summed E-state index contributed by atoms with van der Waals surface area (Å²) >= 11 is 1.16. The van der Waals surface area contributed by atoms with Gasteiger partial charge in [0.05, 0.1) is 5.75 Å². The maximum absolute atomic E-state index is 14.0. The van der Waals surface area contributed by atoms with Crippen molar-refractivity contribution in [3.8, 4) is 0 Å². The zero-order valence-corrected chi connectivity index (χ0v) is 15.3. The van der Waals surface area contributed by atoms with Gasteiger partial charge in [0.25, 0.3) is 0 Å². The molecule has 0 aliphatic rings. The fourth-order valence-electron chi connectivity index (χ4n) is 2.38. The number of rotatable bonds is 8. The summed E-state index contributed by atoms with van der Waals surface area (Å²) in [6.07, 6.45) is 1.81. The molecule has 0 aliphatic carbocycles. The van der Waals surface area contributed by atoms with Crippen LogP contribution in [0.5, 0.6) is 0 Å². The van der Waals surface area contributed by atoms with Gasteiger partial charge in [0.1, 0.15) is 5.82 Å². The Morgan fingerprint density at radius 2 is 1.84 bits per heavy atom. The van der Waals surface area contributed by atoms with E-state index in [0.29, 0.717) is 17.0 Å². The van der Waals surface area contributed by atoms with Crippen LogP contribution in [0.1, 0.15) is 29.3 Å². The summed E-state index contributed by atoms with van der Waals surface area (Å²) in [7, 11) is 1.77. The minimum Gasteiger partial charge on any atom is -0.345 e. The Bertz CT molecular complexity index is 734. The van der Waals surface area contributed by atoms with Gasteiger partial charge in [-0.3, -0.25) is 9.59 Å². The number of benzene rings is 2. The second-order valence-electron chi connectivity index (χ2n) is 5.89. The molecule has 0 unspecified atom stereocenters. The average molecular weight is 359 g/mol. The molecular formula is C20H22FNO2S. The zero-order chi connectivity index (χ0) is 18.2. The van der Waals surface area contributed by atoms with Gasteiger partial charge in [-0.15, -0.1) is 11.8 Å². The number of hydrogen-bond acceptors (Lipinski definition) is 3. The summed E-state index contributed by atoms with van der Waals surface area (Å²) in [6.45, 7) is 2.07. The summed E-state index contributed by atoms with van der Waals surface area (Å²) in [6, 6.07) is 14.5. The molecule has 0 aliphatic heterocycles. The van der Waals surface area contributed by atoms with E-state index >= 15 is 0 Å². The molecule has 0 saturated heterocycles. The molecule has 0 heterocycles. The lowest BCUT2D eigenvalue weighted by atomic mass is 10.1. The van der Waals surface area contributed by atoms with Crippen LogP contribution in [-0.4, -0.2) is 35.9 Å². The van der Waals surface area contributed by atoms with E-state index in [1.165, 1.54) is 18.6 Å². The van der Waals surface area contributed by atoms with Gasteiger partial charge in [0.15, 0.2) is 5.78 Å². The van der Waals surface area contributed by atoms with Gasteiger partial charge in [0.2, 0.25) is 5.91 Å². The van der Waals surface area contributed by atoms with Crippen molar-refractivity contribution in [1.82, 2.24) is 4.90 Å². The maximum atomic E-state index is 14.0. The molecule has 0 fully saturated rings. The van der Waals surface area contributed by atoms with Gasteiger partial charge < -0.3 is 4.90 Å². The molecule has 0 spiro atoms. The highest BCUT2D eigenvalue weighted by molar-refractivity contribution is 8.00. The van der Waals surface area contributed by atoms with Crippen LogP contribution >= 0.6 is 11.8 Å². The normalized spacial score (nSPS) is 10.5. The van der Waals surface area contributed by atoms with Crippen molar-refractivity contribution in [3.63, 3.8) is 0 Å². The van der Waals surface area contributed by atoms with Crippen molar-refractivity contribution in [3.05, 3.63) is 65.5 Å². The molecule has 3 nitrogen and oxygen atoms in total. The van der Waals surface area contributed by atoms with E-state index in [9.17, 15) is 14.0 Å². The van der Waals surface area contributed by atoms with E-state index in [0.717, 1.165) is 24.6 Å². The zero-order valence-electron chi connectivity index (χ0n) is 14.5. The quantitative estimate of drug-likeness (QED) is 0.523. The molecule has 0 bridgehead atoms. The molecule has 2 rings (SSSR count). The van der Waals surface area contributed by atoms with Crippen LogP contribution in [-0.2, 0) is 11.2 Å². The number of hydrogen-bond donors (Lipinski definition) is 0. The first-order chi connectivity index (χ1) is 12.0. The molecule has 5 heteroatoms. The largest absolute Gasteiger partial charge is 0.345 e. The van der Waals surface area contributed by atoms with Gasteiger partial charge in [-0.25, -0.2) is 4.39 Å². The fraction of sp³-hybridized carbons (Fsp3) is 0.300. The molecular weight excluding hydrogens is 337 g/mol. The molecule has 2 aromatic rings. The third-order valence-electron chi connectivity index (χ3n) is 3.92. The number of nitrogens with zero attached hydrogens (tertiary/aromatic N) is 1. The van der Waals surface area contributed by atoms with Crippen molar-refractivity contribution < 1.29 is 14.0 Å². The predicted molar refractivity (Wildman–Crippen MR) is 99.5 cm³/mol. The highest BCUT2D eigenvalue weighted by Gasteiger charge is 2.12. The van der Waals surface area contributed by atoms with Crippen LogP contribution < -0.4 is 0 Å². The first-order valence-electron chi connectivity index (χ1n) is 8.18. The van der Waals surface area contributed by atoms with E-state index in [1.54, 1.807) is 24.1 Å². The summed E-state index contributed by atoms with van der Waals surface area (Å²) in [5.74, 6) is -0.493. The third kappa shape index (κ3) is 6.02. The summed E-state index contributed by atoms with van der Waals surface area (Å²) in [5.41, 5.74) is 1.59. The highest BCUT2D eigenvalue weighted by atomic mass is 32.2. The summed E-state index contributed by atoms with van der Waals surface area (Å²) in [4.78, 5) is 25.5. The van der Waals surface area contributed by atoms with Crippen LogP contribution in [0.15, 0.2) is 53.4 Å². The average Bonchev–Trinajstić information content (AvgIpc) is 2.61. The number of aryl methyl sites for hydroxylation is 1. The Kier molecular flexibility index (Phi) is 7.19. The minimum absolute atomic E-state index is 0.0342. The molecule has 1 amide bonds. The fourth-order valence-corrected chi connectivity index (χ4v) is 3.24. The van der Waals surface area contributed by atoms with Gasteiger partial charge >= 0.3 is 0 Å². The lowest BCUT2D eigenvalue weighted by Gasteiger charge is -2.17. The first-order valence-corrected chi connectivity index (χ1v) is 9.17. The SMILES string of the molecule is CC(=O)c1ccc(SCC(=O)N(C)CCCc2ccccc2)c(F)c1. The Labute approximate surface area is 152 Å². The van der Waals surface area contributed by atoms with Crippen molar-refractivity contribution in [2.24, 2.45) is 0 Å². The van der Waals surface area contributed by atoms with Crippen LogP contribution in [0.2, 0.25) is 0 Å². The number of Topliss-reactive ketones (excluding diaryl/α,β-unsaturated/α-hetero) is 1. The summed E-state index contributed by atoms with van der Waals surface area (Å²) < 4.78 is 14.0. The van der Waals surface area contributed by atoms with Crippen LogP contribution in [0, 0.1) is 5.82 Å². The number of thioether (sulfide) groups is 1. The number of carbonyl (C=O) groups excluding carboxylic acids is 2. The lowest BCUT2D eigenvalue weighted by molar-refractivity contribution is -0.127. The number of amides is 1. The number of carbonyl (C=O) groups is 2. The van der Waals surface area contributed by atoms with Gasteiger partial charge in [-0.1, -0.05) is 36.4 Å². The van der Waals surface area contributed by atoms with Crippen LogP contribution in [0.3, 0.4) is 0 Å². The van der Waals surface area contributed by atoms with E-state index < -0.39 is 5.82 Å². The van der Waals surface area contributed by atoms with E-state index in [4.69, 9.17) is 0 Å². The molecule has 0 saturated carbocycles. The molecule has 0 radical (unpaired) electrons. The maximum Gasteiger partial charge on any atom is 0.232 e. The second kappa shape index (κ2) is 9.37. The van der Waals surface area contributed by atoms with E-state index in [1.807, 2.05) is 18.2 Å². The Balaban J connectivity index is 1.78. The first kappa shape index (κ1) is 19.2. The molecule has 25 heavy (non-hydrogen) atoms. The second-order valence-corrected chi connectivity index (χ2v) is 6.91. The Morgan fingerprint density at radius 1 is 1.12 bits per heavy atom. The van der Waals surface area contributed by atoms with Gasteiger partial charge in [-0.2, -0.15) is 0 Å². The lowest BCUT2D eigenvalue weighted by Crippen LogP contribution is -2.29. The standard InChI is InChI=1S/C20H22FNO2S/c1-15(23)17-10-11-19(18(21)13-17)25-14-20(24)22(2)12-6-9-16-7-4-3-5-8-16/h3-5,7-8,10-11,13H,6,9,12,14H2,1-2H3. The van der Waals surface area contributed by atoms with Gasteiger partial charge in [-0.05, 0) is 37.5 Å². The molecule has 0 N–H and O–H groups in total. The smallest absolute Gasteiger partial charge is 0.232 e. The molecule has 0 aromatic heterocycles. The third-order valence-corrected chi connectivity index (χ3v) is 4.95. The Hall–Kier alpha value is -2.14. The predicted octanol–water partition coefficient (Wildman–Crippen LogP) is 4.21. The van der Waals surface area contributed by atoms with Crippen LogP contribution in [0.4, 0.5) is 4.39 Å². The molecule has 0 atom stereocenters. The number of halogens is 1. The van der Waals surface area contributed by atoms with Crippen LogP contribution in [0.25, 0.3) is 0 Å². The molecule has 2 aromatic carbocycles. The van der Waals surface area contributed by atoms with Crippen molar-refractivity contribution in [2.75, 3.05) is 19.3 Å². The monoisotopic (exact) mass is 359 g/mol. The van der Waals surface area contributed by atoms with Crippen molar-refractivity contribution >= 4 is 23.5 Å². The van der Waals surface area contributed by atoms with E-state index in [-0.39, 0.29) is 17.4 Å². The highest BCUT2D eigenvalue weighted by Crippen LogP contribution is 2.23. The topological polar surface area (TPSA) is 37.4 Å².